The summed E-state index contributed by atoms with van der Waals surface area (Å²) in [6.45, 7) is 6.80. The highest BCUT2D eigenvalue weighted by atomic mass is 19.4. The number of benzene rings is 1. The minimum atomic E-state index is -4.51. The van der Waals surface area contributed by atoms with Crippen molar-refractivity contribution < 1.29 is 37.0 Å². The average molecular weight is 441 g/mol. The Morgan fingerprint density at radius 2 is 1.55 bits per heavy atom. The lowest BCUT2D eigenvalue weighted by Gasteiger charge is -2.31. The highest BCUT2D eigenvalue weighted by Gasteiger charge is 2.39. The number of allylic oxidation sites excluding steroid dienone is 2. The molecule has 0 saturated carbocycles. The minimum absolute atomic E-state index is 0.0136. The SMILES string of the molecule is COCCOC(=O)C1=C(C)NC(C)=C(C(=O)OC(C)C)C1c1ccc(C(F)(F)F)cc1. The summed E-state index contributed by atoms with van der Waals surface area (Å²) >= 11 is 0. The summed E-state index contributed by atoms with van der Waals surface area (Å²) in [5.41, 5.74) is 0.645. The normalized spacial score (nSPS) is 17.0. The third-order valence-corrected chi connectivity index (χ3v) is 4.63. The van der Waals surface area contributed by atoms with Gasteiger partial charge in [0, 0.05) is 18.5 Å². The Bertz CT molecular complexity index is 885. The Balaban J connectivity index is 2.56. The second-order valence-electron chi connectivity index (χ2n) is 7.34. The fourth-order valence-corrected chi connectivity index (χ4v) is 3.31. The first kappa shape index (κ1) is 24.5. The van der Waals surface area contributed by atoms with Crippen LogP contribution >= 0.6 is 0 Å². The molecule has 0 bridgehead atoms. The summed E-state index contributed by atoms with van der Waals surface area (Å²) in [6, 6.07) is 4.34. The summed E-state index contributed by atoms with van der Waals surface area (Å²) in [5, 5.41) is 2.99. The molecule has 0 amide bonds. The van der Waals surface area contributed by atoms with Crippen LogP contribution in [0, 0.1) is 0 Å². The predicted octanol–water partition coefficient (Wildman–Crippen LogP) is 4.08. The van der Waals surface area contributed by atoms with E-state index in [0.29, 0.717) is 17.0 Å². The van der Waals surface area contributed by atoms with Crippen molar-refractivity contribution in [1.29, 1.82) is 0 Å². The predicted molar refractivity (Wildman–Crippen MR) is 107 cm³/mol. The van der Waals surface area contributed by atoms with Crippen molar-refractivity contribution in [3.63, 3.8) is 0 Å². The second kappa shape index (κ2) is 10.00. The number of halogens is 3. The van der Waals surface area contributed by atoms with Gasteiger partial charge >= 0.3 is 18.1 Å². The number of alkyl halides is 3. The molecule has 0 aliphatic carbocycles. The topological polar surface area (TPSA) is 73.9 Å². The van der Waals surface area contributed by atoms with Crippen molar-refractivity contribution in [2.75, 3.05) is 20.3 Å². The zero-order valence-electron chi connectivity index (χ0n) is 18.1. The molecule has 0 saturated heterocycles. The maximum Gasteiger partial charge on any atom is 0.416 e. The van der Waals surface area contributed by atoms with Gasteiger partial charge in [0.25, 0.3) is 0 Å². The molecule has 1 aliphatic rings. The molecule has 1 aliphatic heterocycles. The molecule has 31 heavy (non-hydrogen) atoms. The van der Waals surface area contributed by atoms with Crippen molar-refractivity contribution in [3.8, 4) is 0 Å². The standard InChI is InChI=1S/C22H26F3NO5/c1-12(2)31-21(28)18-14(4)26-13(3)17(20(27)30-11-10-29-5)19(18)15-6-8-16(9-7-15)22(23,24)25/h6-9,12,19,26H,10-11H2,1-5H3. The van der Waals surface area contributed by atoms with Gasteiger partial charge in [0.15, 0.2) is 0 Å². The number of methoxy groups -OCH3 is 1. The Kier molecular flexibility index (Phi) is 7.89. The molecule has 0 spiro atoms. The first-order valence-corrected chi connectivity index (χ1v) is 9.70. The highest BCUT2D eigenvalue weighted by Crippen LogP contribution is 2.40. The fraction of sp³-hybridized carbons (Fsp3) is 0.455. The lowest BCUT2D eigenvalue weighted by molar-refractivity contribution is -0.143. The van der Waals surface area contributed by atoms with Crippen LogP contribution in [0.1, 0.15) is 44.7 Å². The van der Waals surface area contributed by atoms with E-state index >= 15 is 0 Å². The van der Waals surface area contributed by atoms with Crippen molar-refractivity contribution >= 4 is 11.9 Å². The molecule has 1 aromatic carbocycles. The summed E-state index contributed by atoms with van der Waals surface area (Å²) in [7, 11) is 1.46. The molecule has 9 heteroatoms. The fourth-order valence-electron chi connectivity index (χ4n) is 3.31. The van der Waals surface area contributed by atoms with Gasteiger partial charge in [-0.15, -0.1) is 0 Å². The number of hydrogen-bond donors (Lipinski definition) is 1. The van der Waals surface area contributed by atoms with Crippen LogP contribution in [0.5, 0.6) is 0 Å². The number of carbonyl (C=O) groups excluding carboxylic acids is 2. The van der Waals surface area contributed by atoms with Gasteiger partial charge in [0.1, 0.15) is 6.61 Å². The molecular weight excluding hydrogens is 415 g/mol. The number of esters is 2. The molecule has 1 heterocycles. The van der Waals surface area contributed by atoms with E-state index in [2.05, 4.69) is 5.32 Å². The van der Waals surface area contributed by atoms with E-state index in [4.69, 9.17) is 14.2 Å². The van der Waals surface area contributed by atoms with Crippen molar-refractivity contribution in [2.45, 2.75) is 45.9 Å². The van der Waals surface area contributed by atoms with Gasteiger partial charge in [-0.3, -0.25) is 0 Å². The number of ether oxygens (including phenoxy) is 3. The molecule has 2 rings (SSSR count). The number of nitrogens with one attached hydrogen (secondary N) is 1. The third-order valence-electron chi connectivity index (χ3n) is 4.63. The third kappa shape index (κ3) is 5.88. The quantitative estimate of drug-likeness (QED) is 0.508. The molecule has 0 radical (unpaired) electrons. The van der Waals surface area contributed by atoms with Crippen LogP contribution in [0.2, 0.25) is 0 Å². The van der Waals surface area contributed by atoms with E-state index in [0.717, 1.165) is 12.1 Å². The lowest BCUT2D eigenvalue weighted by atomic mass is 9.80. The molecule has 0 fully saturated rings. The summed E-state index contributed by atoms with van der Waals surface area (Å²) in [6.07, 6.45) is -4.93. The van der Waals surface area contributed by atoms with E-state index in [1.807, 2.05) is 0 Å². The summed E-state index contributed by atoms with van der Waals surface area (Å²) in [5.74, 6) is -2.32. The van der Waals surface area contributed by atoms with E-state index < -0.39 is 35.7 Å². The van der Waals surface area contributed by atoms with Gasteiger partial charge in [-0.25, -0.2) is 9.59 Å². The first-order chi connectivity index (χ1) is 14.5. The molecule has 1 unspecified atom stereocenters. The van der Waals surface area contributed by atoms with Crippen LogP contribution in [-0.4, -0.2) is 38.4 Å². The smallest absolute Gasteiger partial charge is 0.416 e. The molecule has 170 valence electrons. The average Bonchev–Trinajstić information content (AvgIpc) is 2.66. The van der Waals surface area contributed by atoms with Gasteiger partial charge < -0.3 is 19.5 Å². The number of rotatable bonds is 7. The van der Waals surface area contributed by atoms with Gasteiger partial charge in [-0.1, -0.05) is 12.1 Å². The second-order valence-corrected chi connectivity index (χ2v) is 7.34. The van der Waals surface area contributed by atoms with Crippen LogP contribution < -0.4 is 5.32 Å². The maximum absolute atomic E-state index is 13.0. The Hall–Kier alpha value is -2.81. The number of hydrogen-bond acceptors (Lipinski definition) is 6. The van der Waals surface area contributed by atoms with E-state index in [1.165, 1.54) is 19.2 Å². The Morgan fingerprint density at radius 1 is 1.00 bits per heavy atom. The van der Waals surface area contributed by atoms with Crippen LogP contribution in [0.4, 0.5) is 13.2 Å². The van der Waals surface area contributed by atoms with Crippen LogP contribution in [0.15, 0.2) is 46.8 Å². The van der Waals surface area contributed by atoms with Gasteiger partial charge in [-0.05, 0) is 45.4 Å². The van der Waals surface area contributed by atoms with Gasteiger partial charge in [-0.2, -0.15) is 13.2 Å². The van der Waals surface area contributed by atoms with Crippen LogP contribution in [0.25, 0.3) is 0 Å². The molecule has 1 atom stereocenters. The molecule has 1 aromatic rings. The molecular formula is C22H26F3NO5. The molecule has 0 aromatic heterocycles. The Labute approximate surface area is 179 Å². The maximum atomic E-state index is 13.0. The zero-order valence-corrected chi connectivity index (χ0v) is 18.1. The van der Waals surface area contributed by atoms with Crippen molar-refractivity contribution in [2.24, 2.45) is 0 Å². The monoisotopic (exact) mass is 441 g/mol. The number of carbonyl (C=O) groups is 2. The van der Waals surface area contributed by atoms with Gasteiger partial charge in [0.2, 0.25) is 0 Å². The molecule has 6 nitrogen and oxygen atoms in total. The number of dihydropyridines is 1. The lowest BCUT2D eigenvalue weighted by Crippen LogP contribution is -2.33. The van der Waals surface area contributed by atoms with Crippen molar-refractivity contribution in [3.05, 3.63) is 57.9 Å². The van der Waals surface area contributed by atoms with E-state index in [1.54, 1.807) is 27.7 Å². The summed E-state index contributed by atoms with van der Waals surface area (Å²) < 4.78 is 54.5. The highest BCUT2D eigenvalue weighted by molar-refractivity contribution is 5.99. The van der Waals surface area contributed by atoms with Crippen LogP contribution in [-0.2, 0) is 30.0 Å². The summed E-state index contributed by atoms with van der Waals surface area (Å²) in [4.78, 5) is 25.7. The van der Waals surface area contributed by atoms with Gasteiger partial charge in [0.05, 0.1) is 35.3 Å². The van der Waals surface area contributed by atoms with Crippen molar-refractivity contribution in [1.82, 2.24) is 5.32 Å². The van der Waals surface area contributed by atoms with E-state index in [9.17, 15) is 22.8 Å². The molecule has 1 N–H and O–H groups in total. The Morgan fingerprint density at radius 3 is 2.03 bits per heavy atom. The zero-order chi connectivity index (χ0) is 23.3. The van der Waals surface area contributed by atoms with Crippen LogP contribution in [0.3, 0.4) is 0 Å². The largest absolute Gasteiger partial charge is 0.460 e. The minimum Gasteiger partial charge on any atom is -0.460 e. The van der Waals surface area contributed by atoms with E-state index in [-0.39, 0.29) is 24.4 Å². The first-order valence-electron chi connectivity index (χ1n) is 9.70.